The number of aliphatic imine (C=N–C) groups is 1. The molecule has 1 aliphatic heterocycles. The van der Waals surface area contributed by atoms with Gasteiger partial charge in [0, 0.05) is 42.8 Å². The number of aromatic nitrogens is 1. The molecule has 3 rings (SSSR count). The van der Waals surface area contributed by atoms with Crippen molar-refractivity contribution in [2.75, 3.05) is 25.9 Å². The lowest BCUT2D eigenvalue weighted by Gasteiger charge is -2.36. The van der Waals surface area contributed by atoms with E-state index in [9.17, 15) is 0 Å². The molecule has 1 fully saturated rings. The number of hydrogen-bond acceptors (Lipinski definition) is 4. The van der Waals surface area contributed by atoms with Gasteiger partial charge < -0.3 is 14.7 Å². The van der Waals surface area contributed by atoms with Gasteiger partial charge >= 0.3 is 0 Å². The van der Waals surface area contributed by atoms with E-state index >= 15 is 0 Å². The molecule has 0 amide bonds. The van der Waals surface area contributed by atoms with Crippen molar-refractivity contribution in [3.63, 3.8) is 0 Å². The van der Waals surface area contributed by atoms with Gasteiger partial charge in [0.2, 0.25) is 0 Å². The molecule has 1 unspecified atom stereocenters. The monoisotopic (exact) mass is 486 g/mol. The number of benzene rings is 1. The minimum Gasteiger partial charge on any atom is -0.356 e. The highest BCUT2D eigenvalue weighted by Crippen LogP contribution is 2.25. The van der Waals surface area contributed by atoms with E-state index in [1.54, 1.807) is 0 Å². The molecule has 7 heteroatoms. The van der Waals surface area contributed by atoms with Crippen molar-refractivity contribution in [3.05, 3.63) is 42.1 Å². The van der Waals surface area contributed by atoms with Crippen LogP contribution in [0.25, 0.3) is 11.3 Å². The highest BCUT2D eigenvalue weighted by molar-refractivity contribution is 14.0. The molecule has 0 saturated carbocycles. The van der Waals surface area contributed by atoms with Crippen LogP contribution >= 0.6 is 35.7 Å². The third-order valence-electron chi connectivity index (χ3n) is 4.39. The first-order valence-corrected chi connectivity index (χ1v) is 9.80. The topological polar surface area (TPSA) is 53.7 Å². The SMILES string of the molecule is CN=C(NCc1cc(-c2ccccc2)on1)N1CCSC(C(C)C)C1.I. The van der Waals surface area contributed by atoms with E-state index in [-0.39, 0.29) is 24.0 Å². The summed E-state index contributed by atoms with van der Waals surface area (Å²) in [6.45, 7) is 7.26. The predicted molar refractivity (Wildman–Crippen MR) is 120 cm³/mol. The first kappa shape index (κ1) is 21.1. The molecule has 0 spiro atoms. The molecule has 0 radical (unpaired) electrons. The first-order valence-electron chi connectivity index (χ1n) is 8.75. The fraction of sp³-hybridized carbons (Fsp3) is 0.474. The van der Waals surface area contributed by atoms with Gasteiger partial charge in [0.1, 0.15) is 5.69 Å². The Morgan fingerprint density at radius 1 is 1.38 bits per heavy atom. The molecule has 2 aromatic rings. The Kier molecular flexibility index (Phi) is 8.27. The van der Waals surface area contributed by atoms with Crippen molar-refractivity contribution >= 4 is 41.7 Å². The van der Waals surface area contributed by atoms with Crippen LogP contribution in [0.4, 0.5) is 0 Å². The highest BCUT2D eigenvalue weighted by Gasteiger charge is 2.24. The van der Waals surface area contributed by atoms with Gasteiger partial charge in [-0.25, -0.2) is 0 Å². The van der Waals surface area contributed by atoms with Crippen molar-refractivity contribution in [1.29, 1.82) is 0 Å². The van der Waals surface area contributed by atoms with Gasteiger partial charge in [-0.15, -0.1) is 24.0 Å². The maximum absolute atomic E-state index is 5.46. The van der Waals surface area contributed by atoms with Crippen LogP contribution in [0.2, 0.25) is 0 Å². The van der Waals surface area contributed by atoms with Crippen molar-refractivity contribution in [3.8, 4) is 11.3 Å². The molecule has 1 saturated heterocycles. The zero-order chi connectivity index (χ0) is 17.6. The summed E-state index contributed by atoms with van der Waals surface area (Å²) in [4.78, 5) is 6.80. The lowest BCUT2D eigenvalue weighted by atomic mass is 10.1. The summed E-state index contributed by atoms with van der Waals surface area (Å²) < 4.78 is 5.46. The molecule has 2 heterocycles. The lowest BCUT2D eigenvalue weighted by molar-refractivity contribution is 0.379. The largest absolute Gasteiger partial charge is 0.356 e. The Labute approximate surface area is 177 Å². The molecule has 0 aliphatic carbocycles. The number of rotatable bonds is 4. The molecule has 1 atom stereocenters. The van der Waals surface area contributed by atoms with Crippen molar-refractivity contribution in [2.45, 2.75) is 25.6 Å². The standard InChI is InChI=1S/C19H26N4OS.HI/c1-14(2)18-13-23(9-10-25-18)19(20-3)21-12-16-11-17(24-22-16)15-7-5-4-6-8-15;/h4-8,11,14,18H,9-10,12-13H2,1-3H3,(H,20,21);1H. The third kappa shape index (κ3) is 5.39. The summed E-state index contributed by atoms with van der Waals surface area (Å²) >= 11 is 2.07. The van der Waals surface area contributed by atoms with Crippen LogP contribution in [0.15, 0.2) is 45.9 Å². The van der Waals surface area contributed by atoms with E-state index in [1.807, 2.05) is 43.4 Å². The smallest absolute Gasteiger partial charge is 0.194 e. The van der Waals surface area contributed by atoms with E-state index in [0.717, 1.165) is 41.8 Å². The molecule has 0 bridgehead atoms. The number of thioether (sulfide) groups is 1. The van der Waals surface area contributed by atoms with Crippen LogP contribution in [0.5, 0.6) is 0 Å². The van der Waals surface area contributed by atoms with E-state index in [1.165, 1.54) is 0 Å². The Morgan fingerprint density at radius 3 is 2.85 bits per heavy atom. The fourth-order valence-corrected chi connectivity index (χ4v) is 4.21. The van der Waals surface area contributed by atoms with Crippen LogP contribution in [-0.4, -0.2) is 47.2 Å². The second kappa shape index (κ2) is 10.2. The molecule has 1 aliphatic rings. The van der Waals surface area contributed by atoms with Crippen LogP contribution in [-0.2, 0) is 6.54 Å². The Bertz CT molecular complexity index is 705. The van der Waals surface area contributed by atoms with Gasteiger partial charge in [0.05, 0.1) is 6.54 Å². The van der Waals surface area contributed by atoms with Crippen LogP contribution < -0.4 is 5.32 Å². The zero-order valence-electron chi connectivity index (χ0n) is 15.5. The van der Waals surface area contributed by atoms with E-state index in [0.29, 0.717) is 17.7 Å². The number of guanidine groups is 1. The Hall–Kier alpha value is -1.22. The van der Waals surface area contributed by atoms with E-state index < -0.39 is 0 Å². The summed E-state index contributed by atoms with van der Waals surface area (Å²) in [5.41, 5.74) is 1.92. The molecule has 1 N–H and O–H groups in total. The van der Waals surface area contributed by atoms with Gasteiger partial charge in [-0.05, 0) is 5.92 Å². The van der Waals surface area contributed by atoms with Gasteiger partial charge in [-0.3, -0.25) is 4.99 Å². The third-order valence-corrected chi connectivity index (χ3v) is 5.93. The molecule has 26 heavy (non-hydrogen) atoms. The quantitative estimate of drug-likeness (QED) is 0.401. The molecular formula is C19H27IN4OS. The zero-order valence-corrected chi connectivity index (χ0v) is 18.7. The summed E-state index contributed by atoms with van der Waals surface area (Å²) in [6.07, 6.45) is 0. The highest BCUT2D eigenvalue weighted by atomic mass is 127. The minimum absolute atomic E-state index is 0. The Morgan fingerprint density at radius 2 is 2.15 bits per heavy atom. The van der Waals surface area contributed by atoms with Crippen molar-refractivity contribution in [2.24, 2.45) is 10.9 Å². The molecule has 142 valence electrons. The number of halogens is 1. The Balaban J connectivity index is 0.00000243. The van der Waals surface area contributed by atoms with Gasteiger partial charge in [-0.1, -0.05) is 49.3 Å². The summed E-state index contributed by atoms with van der Waals surface area (Å²) in [7, 11) is 1.84. The van der Waals surface area contributed by atoms with Gasteiger partial charge in [0.25, 0.3) is 0 Å². The molecular weight excluding hydrogens is 459 g/mol. The van der Waals surface area contributed by atoms with E-state index in [4.69, 9.17) is 4.52 Å². The molecule has 1 aromatic heterocycles. The van der Waals surface area contributed by atoms with Crippen molar-refractivity contribution in [1.82, 2.24) is 15.4 Å². The summed E-state index contributed by atoms with van der Waals surface area (Å²) in [6, 6.07) is 12.0. The summed E-state index contributed by atoms with van der Waals surface area (Å²) in [5, 5.41) is 8.25. The normalized spacial score (nSPS) is 17.9. The second-order valence-corrected chi connectivity index (χ2v) is 7.90. The predicted octanol–water partition coefficient (Wildman–Crippen LogP) is 4.11. The van der Waals surface area contributed by atoms with Crippen LogP contribution in [0.1, 0.15) is 19.5 Å². The van der Waals surface area contributed by atoms with E-state index in [2.05, 4.69) is 46.0 Å². The first-order chi connectivity index (χ1) is 12.2. The average Bonchev–Trinajstić information content (AvgIpc) is 3.12. The number of nitrogens with zero attached hydrogens (tertiary/aromatic N) is 3. The lowest BCUT2D eigenvalue weighted by Crippen LogP contribution is -2.48. The summed E-state index contributed by atoms with van der Waals surface area (Å²) in [5.74, 6) is 3.55. The second-order valence-electron chi connectivity index (χ2n) is 6.55. The van der Waals surface area contributed by atoms with Crippen molar-refractivity contribution < 1.29 is 4.52 Å². The fourth-order valence-electron chi connectivity index (χ4n) is 2.91. The maximum atomic E-state index is 5.46. The molecule has 5 nitrogen and oxygen atoms in total. The average molecular weight is 486 g/mol. The number of hydrogen-bond donors (Lipinski definition) is 1. The van der Waals surface area contributed by atoms with Crippen LogP contribution in [0.3, 0.4) is 0 Å². The maximum Gasteiger partial charge on any atom is 0.194 e. The minimum atomic E-state index is 0. The number of nitrogens with one attached hydrogen (secondary N) is 1. The van der Waals surface area contributed by atoms with Gasteiger partial charge in [0.15, 0.2) is 11.7 Å². The van der Waals surface area contributed by atoms with Crippen LogP contribution in [0, 0.1) is 5.92 Å². The van der Waals surface area contributed by atoms with Gasteiger partial charge in [-0.2, -0.15) is 11.8 Å². The molecule has 1 aromatic carbocycles.